The average molecular weight is 281 g/mol. The topological polar surface area (TPSA) is 12.0 Å². The van der Waals surface area contributed by atoms with Gasteiger partial charge < -0.3 is 5.32 Å². The van der Waals surface area contributed by atoms with Gasteiger partial charge in [-0.2, -0.15) is 0 Å². The van der Waals surface area contributed by atoms with Crippen molar-refractivity contribution in [2.75, 3.05) is 12.8 Å². The molecule has 0 saturated heterocycles. The largest absolute Gasteiger partial charge is 0.316 e. The maximum atomic E-state index is 12.9. The van der Waals surface area contributed by atoms with Crippen molar-refractivity contribution >= 4 is 11.8 Å². The Bertz CT molecular complexity index is 379. The highest BCUT2D eigenvalue weighted by atomic mass is 32.2. The Morgan fingerprint density at radius 1 is 1.32 bits per heavy atom. The second-order valence-corrected chi connectivity index (χ2v) is 6.79. The third kappa shape index (κ3) is 4.50. The molecule has 0 aliphatic heterocycles. The minimum Gasteiger partial charge on any atom is -0.316 e. The van der Waals surface area contributed by atoms with Crippen molar-refractivity contribution in [1.82, 2.24) is 5.32 Å². The van der Waals surface area contributed by atoms with E-state index in [-0.39, 0.29) is 5.82 Å². The Kier molecular flexibility index (Phi) is 5.71. The normalized spacial score (nSPS) is 25.2. The quantitative estimate of drug-likeness (QED) is 0.806. The Labute approximate surface area is 120 Å². The van der Waals surface area contributed by atoms with Gasteiger partial charge in [0.2, 0.25) is 0 Å². The number of rotatable bonds is 5. The molecule has 1 aromatic rings. The van der Waals surface area contributed by atoms with E-state index in [4.69, 9.17) is 0 Å². The summed E-state index contributed by atoms with van der Waals surface area (Å²) in [5.41, 5.74) is 0. The molecule has 1 aliphatic carbocycles. The van der Waals surface area contributed by atoms with Crippen LogP contribution >= 0.6 is 11.8 Å². The van der Waals surface area contributed by atoms with Gasteiger partial charge in [-0.3, -0.25) is 0 Å². The molecular weight excluding hydrogens is 257 g/mol. The first-order valence-electron chi connectivity index (χ1n) is 7.24. The lowest BCUT2D eigenvalue weighted by Crippen LogP contribution is -2.38. The molecule has 3 atom stereocenters. The van der Waals surface area contributed by atoms with Crippen LogP contribution in [-0.4, -0.2) is 18.8 Å². The number of halogens is 1. The summed E-state index contributed by atoms with van der Waals surface area (Å²) in [7, 11) is 2.06. The summed E-state index contributed by atoms with van der Waals surface area (Å²) >= 11 is 1.83. The maximum Gasteiger partial charge on any atom is 0.123 e. The fourth-order valence-corrected chi connectivity index (χ4v) is 4.16. The van der Waals surface area contributed by atoms with E-state index >= 15 is 0 Å². The minimum atomic E-state index is -0.157. The Morgan fingerprint density at radius 3 is 2.68 bits per heavy atom. The molecule has 1 saturated carbocycles. The molecular formula is C16H24FNS. The van der Waals surface area contributed by atoms with E-state index in [1.165, 1.54) is 25.7 Å². The Morgan fingerprint density at radius 2 is 2.05 bits per heavy atom. The summed E-state index contributed by atoms with van der Waals surface area (Å²) in [4.78, 5) is 1.16. The summed E-state index contributed by atoms with van der Waals surface area (Å²) in [5.74, 6) is 2.57. The van der Waals surface area contributed by atoms with Crippen LogP contribution in [0, 0.1) is 17.7 Å². The molecule has 1 fully saturated rings. The van der Waals surface area contributed by atoms with Crippen molar-refractivity contribution in [2.45, 2.75) is 43.5 Å². The first kappa shape index (κ1) is 14.9. The van der Waals surface area contributed by atoms with Crippen LogP contribution in [0.1, 0.15) is 32.6 Å². The summed E-state index contributed by atoms with van der Waals surface area (Å²) in [6.45, 7) is 2.37. The molecule has 3 heteroatoms. The van der Waals surface area contributed by atoms with Gasteiger partial charge >= 0.3 is 0 Å². The second-order valence-electron chi connectivity index (χ2n) is 5.69. The zero-order valence-electron chi connectivity index (χ0n) is 11.9. The molecule has 0 radical (unpaired) electrons. The van der Waals surface area contributed by atoms with Gasteiger partial charge in [0.25, 0.3) is 0 Å². The van der Waals surface area contributed by atoms with Gasteiger partial charge in [-0.15, -0.1) is 11.8 Å². The van der Waals surface area contributed by atoms with E-state index in [1.807, 2.05) is 23.9 Å². The summed E-state index contributed by atoms with van der Waals surface area (Å²) in [6, 6.07) is 7.39. The van der Waals surface area contributed by atoms with Crippen molar-refractivity contribution in [3.8, 4) is 0 Å². The number of thioether (sulfide) groups is 1. The van der Waals surface area contributed by atoms with E-state index < -0.39 is 0 Å². The highest BCUT2D eigenvalue weighted by molar-refractivity contribution is 7.99. The maximum absolute atomic E-state index is 12.9. The molecule has 0 heterocycles. The predicted octanol–water partition coefficient (Wildman–Crippen LogP) is 4.33. The van der Waals surface area contributed by atoms with Crippen molar-refractivity contribution in [2.24, 2.45) is 11.8 Å². The van der Waals surface area contributed by atoms with E-state index in [2.05, 4.69) is 19.3 Å². The van der Waals surface area contributed by atoms with Crippen LogP contribution in [0.15, 0.2) is 29.2 Å². The Balaban J connectivity index is 1.86. The zero-order chi connectivity index (χ0) is 13.7. The summed E-state index contributed by atoms with van der Waals surface area (Å²) in [6.07, 6.45) is 5.44. The first-order chi connectivity index (χ1) is 9.19. The van der Waals surface area contributed by atoms with Gasteiger partial charge in [0.1, 0.15) is 5.82 Å². The SMILES string of the molecule is CNC(CSc1ccc(F)cc1)C1CCCC(C)C1. The third-order valence-corrected chi connectivity index (χ3v) is 5.29. The van der Waals surface area contributed by atoms with Gasteiger partial charge in [-0.05, 0) is 56.0 Å². The van der Waals surface area contributed by atoms with E-state index in [0.29, 0.717) is 6.04 Å². The monoisotopic (exact) mass is 281 g/mol. The molecule has 2 rings (SSSR count). The van der Waals surface area contributed by atoms with Crippen LogP contribution in [0.3, 0.4) is 0 Å². The molecule has 1 N–H and O–H groups in total. The summed E-state index contributed by atoms with van der Waals surface area (Å²) in [5, 5.41) is 3.48. The minimum absolute atomic E-state index is 0.157. The Hall–Kier alpha value is -0.540. The standard InChI is InChI=1S/C16H24FNS/c1-12-4-3-5-13(10-12)16(18-2)11-19-15-8-6-14(17)7-9-15/h6-9,12-13,16,18H,3-5,10-11H2,1-2H3. The molecule has 106 valence electrons. The molecule has 1 aliphatic rings. The molecule has 0 spiro atoms. The zero-order valence-corrected chi connectivity index (χ0v) is 12.7. The van der Waals surface area contributed by atoms with Crippen LogP contribution in [-0.2, 0) is 0 Å². The van der Waals surface area contributed by atoms with E-state index in [1.54, 1.807) is 12.1 Å². The lowest BCUT2D eigenvalue weighted by molar-refractivity contribution is 0.240. The van der Waals surface area contributed by atoms with Gasteiger partial charge in [0.05, 0.1) is 0 Å². The highest BCUT2D eigenvalue weighted by Gasteiger charge is 2.25. The highest BCUT2D eigenvalue weighted by Crippen LogP contribution is 2.32. The van der Waals surface area contributed by atoms with E-state index in [9.17, 15) is 4.39 Å². The van der Waals surface area contributed by atoms with Crippen molar-refractivity contribution < 1.29 is 4.39 Å². The van der Waals surface area contributed by atoms with Crippen molar-refractivity contribution in [1.29, 1.82) is 0 Å². The van der Waals surface area contributed by atoms with Gasteiger partial charge in [-0.1, -0.05) is 19.8 Å². The second kappa shape index (κ2) is 7.30. The molecule has 0 aromatic heterocycles. The predicted molar refractivity (Wildman–Crippen MR) is 81.1 cm³/mol. The summed E-state index contributed by atoms with van der Waals surface area (Å²) < 4.78 is 12.9. The lowest BCUT2D eigenvalue weighted by Gasteiger charge is -2.33. The fourth-order valence-electron chi connectivity index (χ4n) is 3.02. The first-order valence-corrected chi connectivity index (χ1v) is 8.23. The molecule has 1 nitrogen and oxygen atoms in total. The van der Waals surface area contributed by atoms with Gasteiger partial charge in [-0.25, -0.2) is 4.39 Å². The van der Waals surface area contributed by atoms with Crippen molar-refractivity contribution in [3.05, 3.63) is 30.1 Å². The van der Waals surface area contributed by atoms with Crippen LogP contribution in [0.5, 0.6) is 0 Å². The number of nitrogens with one attached hydrogen (secondary N) is 1. The molecule has 3 unspecified atom stereocenters. The third-order valence-electron chi connectivity index (χ3n) is 4.16. The number of hydrogen-bond acceptors (Lipinski definition) is 2. The van der Waals surface area contributed by atoms with Crippen molar-refractivity contribution in [3.63, 3.8) is 0 Å². The fraction of sp³-hybridized carbons (Fsp3) is 0.625. The smallest absolute Gasteiger partial charge is 0.123 e. The molecule has 1 aromatic carbocycles. The molecule has 0 amide bonds. The molecule has 19 heavy (non-hydrogen) atoms. The average Bonchev–Trinajstić information content (AvgIpc) is 2.42. The van der Waals surface area contributed by atoms with Crippen LogP contribution in [0.25, 0.3) is 0 Å². The molecule has 0 bridgehead atoms. The van der Waals surface area contributed by atoms with E-state index in [0.717, 1.165) is 22.5 Å². The number of hydrogen-bond donors (Lipinski definition) is 1. The number of benzene rings is 1. The van der Waals surface area contributed by atoms with Gasteiger partial charge in [0, 0.05) is 16.7 Å². The van der Waals surface area contributed by atoms with Gasteiger partial charge in [0.15, 0.2) is 0 Å². The van der Waals surface area contributed by atoms with Crippen LogP contribution < -0.4 is 5.32 Å². The van der Waals surface area contributed by atoms with Crippen LogP contribution in [0.4, 0.5) is 4.39 Å². The lowest BCUT2D eigenvalue weighted by atomic mass is 9.79. The van der Waals surface area contributed by atoms with Crippen LogP contribution in [0.2, 0.25) is 0 Å².